The Kier molecular flexibility index (Phi) is 5.46. The number of nitrogens with one attached hydrogen (secondary N) is 1. The lowest BCUT2D eigenvalue weighted by atomic mass is 10.1. The van der Waals surface area contributed by atoms with Gasteiger partial charge in [0.05, 0.1) is 0 Å². The van der Waals surface area contributed by atoms with E-state index >= 15 is 0 Å². The van der Waals surface area contributed by atoms with Crippen molar-refractivity contribution in [2.75, 3.05) is 13.1 Å². The van der Waals surface area contributed by atoms with E-state index in [0.717, 1.165) is 25.2 Å². The molecule has 2 N–H and O–H groups in total. The molecule has 3 rings (SSSR count). The second kappa shape index (κ2) is 7.94. The van der Waals surface area contributed by atoms with Gasteiger partial charge in [0.15, 0.2) is 6.04 Å². The summed E-state index contributed by atoms with van der Waals surface area (Å²) in [5, 5.41) is 12.1. The van der Waals surface area contributed by atoms with E-state index in [4.69, 9.17) is 0 Å². The molecule has 0 spiro atoms. The fourth-order valence-electron chi connectivity index (χ4n) is 3.16. The van der Waals surface area contributed by atoms with Crippen LogP contribution in [-0.4, -0.2) is 35.0 Å². The highest BCUT2D eigenvalue weighted by molar-refractivity contribution is 5.97. The molecule has 0 radical (unpaired) electrons. The Bertz CT molecular complexity index is 740. The van der Waals surface area contributed by atoms with Gasteiger partial charge in [0.25, 0.3) is 5.91 Å². The average molecular weight is 338 g/mol. The Morgan fingerprint density at radius 2 is 1.76 bits per heavy atom. The van der Waals surface area contributed by atoms with Crippen LogP contribution in [0.15, 0.2) is 54.6 Å². The molecule has 0 unspecified atom stereocenters. The van der Waals surface area contributed by atoms with Crippen LogP contribution >= 0.6 is 0 Å². The SMILES string of the molecule is O=C(N[C@H](C(=O)O)c1ccccc1)c1cccc(CN2CCCC2)c1. The second-order valence-corrected chi connectivity index (χ2v) is 6.34. The molecule has 0 bridgehead atoms. The van der Waals surface area contributed by atoms with Crippen LogP contribution in [0.5, 0.6) is 0 Å². The topological polar surface area (TPSA) is 69.6 Å². The van der Waals surface area contributed by atoms with E-state index in [1.807, 2.05) is 24.3 Å². The Morgan fingerprint density at radius 3 is 2.44 bits per heavy atom. The van der Waals surface area contributed by atoms with Crippen molar-refractivity contribution in [3.8, 4) is 0 Å². The molecule has 25 heavy (non-hydrogen) atoms. The molecule has 5 heteroatoms. The number of carbonyl (C=O) groups is 2. The summed E-state index contributed by atoms with van der Waals surface area (Å²) in [4.78, 5) is 26.4. The first-order valence-corrected chi connectivity index (χ1v) is 8.53. The maximum Gasteiger partial charge on any atom is 0.330 e. The molecule has 2 aromatic carbocycles. The Labute approximate surface area is 147 Å². The van der Waals surface area contributed by atoms with E-state index < -0.39 is 12.0 Å². The maximum absolute atomic E-state index is 12.5. The molecule has 0 aromatic heterocycles. The molecule has 5 nitrogen and oxygen atoms in total. The van der Waals surface area contributed by atoms with E-state index in [-0.39, 0.29) is 5.91 Å². The number of rotatable bonds is 6. The molecular formula is C20H22N2O3. The molecule has 1 atom stereocenters. The number of hydrogen-bond donors (Lipinski definition) is 2. The summed E-state index contributed by atoms with van der Waals surface area (Å²) in [5.74, 6) is -1.45. The Balaban J connectivity index is 1.72. The van der Waals surface area contributed by atoms with Crippen LogP contribution < -0.4 is 5.32 Å². The van der Waals surface area contributed by atoms with Crippen LogP contribution in [0.3, 0.4) is 0 Å². The summed E-state index contributed by atoms with van der Waals surface area (Å²) in [5.41, 5.74) is 2.11. The summed E-state index contributed by atoms with van der Waals surface area (Å²) < 4.78 is 0. The monoisotopic (exact) mass is 338 g/mol. The minimum absolute atomic E-state index is 0.375. The van der Waals surface area contributed by atoms with Crippen LogP contribution in [0.25, 0.3) is 0 Å². The zero-order valence-electron chi connectivity index (χ0n) is 14.0. The summed E-state index contributed by atoms with van der Waals surface area (Å²) in [6.45, 7) is 3.00. The van der Waals surface area contributed by atoms with Crippen molar-refractivity contribution in [2.45, 2.75) is 25.4 Å². The van der Waals surface area contributed by atoms with Crippen LogP contribution in [0.1, 0.15) is 40.4 Å². The third-order valence-electron chi connectivity index (χ3n) is 4.45. The van der Waals surface area contributed by atoms with E-state index in [2.05, 4.69) is 10.2 Å². The predicted molar refractivity (Wildman–Crippen MR) is 95.2 cm³/mol. The highest BCUT2D eigenvalue weighted by Gasteiger charge is 2.22. The van der Waals surface area contributed by atoms with Crippen molar-refractivity contribution < 1.29 is 14.7 Å². The summed E-state index contributed by atoms with van der Waals surface area (Å²) in [7, 11) is 0. The first-order valence-electron chi connectivity index (χ1n) is 8.53. The third kappa shape index (κ3) is 4.45. The lowest BCUT2D eigenvalue weighted by Crippen LogP contribution is -2.33. The molecule has 1 saturated heterocycles. The fraction of sp³-hybridized carbons (Fsp3) is 0.300. The first kappa shape index (κ1) is 17.2. The maximum atomic E-state index is 12.5. The van der Waals surface area contributed by atoms with Crippen molar-refractivity contribution in [2.24, 2.45) is 0 Å². The number of amides is 1. The number of carbonyl (C=O) groups excluding carboxylic acids is 1. The van der Waals surface area contributed by atoms with Gasteiger partial charge in [0, 0.05) is 12.1 Å². The van der Waals surface area contributed by atoms with Gasteiger partial charge in [-0.15, -0.1) is 0 Å². The fourth-order valence-corrected chi connectivity index (χ4v) is 3.16. The molecular weight excluding hydrogens is 316 g/mol. The molecule has 1 aliphatic heterocycles. The van der Waals surface area contributed by atoms with Gasteiger partial charge in [-0.3, -0.25) is 9.69 Å². The van der Waals surface area contributed by atoms with Gasteiger partial charge in [-0.2, -0.15) is 0 Å². The highest BCUT2D eigenvalue weighted by Crippen LogP contribution is 2.16. The largest absolute Gasteiger partial charge is 0.479 e. The minimum Gasteiger partial charge on any atom is -0.479 e. The molecule has 1 amide bonds. The lowest BCUT2D eigenvalue weighted by molar-refractivity contribution is -0.139. The second-order valence-electron chi connectivity index (χ2n) is 6.34. The van der Waals surface area contributed by atoms with Gasteiger partial charge >= 0.3 is 5.97 Å². The molecule has 1 heterocycles. The van der Waals surface area contributed by atoms with Crippen LogP contribution in [0, 0.1) is 0 Å². The normalized spacial score (nSPS) is 15.7. The van der Waals surface area contributed by atoms with E-state index in [1.54, 1.807) is 30.3 Å². The molecule has 1 aliphatic rings. The number of aliphatic carboxylic acids is 1. The summed E-state index contributed by atoms with van der Waals surface area (Å²) in [6.07, 6.45) is 2.44. The van der Waals surface area contributed by atoms with E-state index in [0.29, 0.717) is 11.1 Å². The Hall–Kier alpha value is -2.66. The van der Waals surface area contributed by atoms with Crippen LogP contribution in [-0.2, 0) is 11.3 Å². The molecule has 0 aliphatic carbocycles. The van der Waals surface area contributed by atoms with Crippen molar-refractivity contribution in [3.05, 3.63) is 71.3 Å². The van der Waals surface area contributed by atoms with Crippen LogP contribution in [0.2, 0.25) is 0 Å². The van der Waals surface area contributed by atoms with E-state index in [9.17, 15) is 14.7 Å². The van der Waals surface area contributed by atoms with Gasteiger partial charge in [-0.05, 0) is 49.2 Å². The number of carboxylic acids is 1. The summed E-state index contributed by atoms with van der Waals surface area (Å²) in [6, 6.07) is 15.1. The molecule has 1 fully saturated rings. The zero-order chi connectivity index (χ0) is 17.6. The highest BCUT2D eigenvalue weighted by atomic mass is 16.4. The van der Waals surface area contributed by atoms with Crippen molar-refractivity contribution in [1.82, 2.24) is 10.2 Å². The number of nitrogens with zero attached hydrogens (tertiary/aromatic N) is 1. The summed E-state index contributed by atoms with van der Waals surface area (Å²) >= 11 is 0. The molecule has 130 valence electrons. The van der Waals surface area contributed by atoms with Gasteiger partial charge in [0.1, 0.15) is 0 Å². The lowest BCUT2D eigenvalue weighted by Gasteiger charge is -2.17. The first-order chi connectivity index (χ1) is 12.1. The number of hydrogen-bond acceptors (Lipinski definition) is 3. The quantitative estimate of drug-likeness (QED) is 0.850. The number of likely N-dealkylation sites (tertiary alicyclic amines) is 1. The zero-order valence-corrected chi connectivity index (χ0v) is 14.0. The van der Waals surface area contributed by atoms with Gasteiger partial charge in [0.2, 0.25) is 0 Å². The third-order valence-corrected chi connectivity index (χ3v) is 4.45. The minimum atomic E-state index is -1.08. The van der Waals surface area contributed by atoms with Gasteiger partial charge < -0.3 is 10.4 Å². The van der Waals surface area contributed by atoms with Crippen molar-refractivity contribution >= 4 is 11.9 Å². The number of carboxylic acid groups (broad SMARTS) is 1. The predicted octanol–water partition coefficient (Wildman–Crippen LogP) is 2.84. The Morgan fingerprint density at radius 1 is 1.04 bits per heavy atom. The van der Waals surface area contributed by atoms with E-state index in [1.165, 1.54) is 12.8 Å². The number of benzene rings is 2. The smallest absolute Gasteiger partial charge is 0.330 e. The van der Waals surface area contributed by atoms with Gasteiger partial charge in [-0.25, -0.2) is 4.79 Å². The van der Waals surface area contributed by atoms with Crippen LogP contribution in [0.4, 0.5) is 0 Å². The molecule has 0 saturated carbocycles. The standard InChI is InChI=1S/C20H22N2O3/c23-19(21-18(20(24)25)16-8-2-1-3-9-16)17-10-6-7-15(13-17)14-22-11-4-5-12-22/h1-3,6-10,13,18H,4-5,11-12,14H2,(H,21,23)(H,24,25)/t18-/m0/s1. The van der Waals surface area contributed by atoms with Gasteiger partial charge in [-0.1, -0.05) is 42.5 Å². The van der Waals surface area contributed by atoms with Crippen molar-refractivity contribution in [1.29, 1.82) is 0 Å². The molecule has 2 aromatic rings. The average Bonchev–Trinajstić information content (AvgIpc) is 3.13. The van der Waals surface area contributed by atoms with Crippen molar-refractivity contribution in [3.63, 3.8) is 0 Å².